The van der Waals surface area contributed by atoms with Gasteiger partial charge in [0.2, 0.25) is 11.0 Å². The van der Waals surface area contributed by atoms with E-state index in [9.17, 15) is 9.59 Å². The number of methoxy groups -OCH3 is 2. The van der Waals surface area contributed by atoms with Crippen molar-refractivity contribution in [3.05, 3.63) is 53.1 Å². The Bertz CT molecular complexity index is 1150. The van der Waals surface area contributed by atoms with Crippen molar-refractivity contribution >= 4 is 39.9 Å². The largest absolute Gasteiger partial charge is 0.497 e. The summed E-state index contributed by atoms with van der Waals surface area (Å²) >= 11 is 7.29. The van der Waals surface area contributed by atoms with Crippen LogP contribution in [0, 0.1) is 0 Å². The molecule has 1 unspecified atom stereocenters. The van der Waals surface area contributed by atoms with Gasteiger partial charge in [-0.2, -0.15) is 0 Å². The zero-order valence-electron chi connectivity index (χ0n) is 17.5. The van der Waals surface area contributed by atoms with Crippen LogP contribution in [0.4, 0.5) is 5.13 Å². The average molecular weight is 473 g/mol. The molecule has 1 aromatic heterocycles. The summed E-state index contributed by atoms with van der Waals surface area (Å²) in [6.07, 6.45) is 1.29. The van der Waals surface area contributed by atoms with Crippen molar-refractivity contribution < 1.29 is 19.1 Å². The molecule has 1 N–H and O–H groups in total. The maximum Gasteiger partial charge on any atom is 0.258 e. The maximum atomic E-state index is 13.2. The van der Waals surface area contributed by atoms with Crippen molar-refractivity contribution in [3.8, 4) is 22.1 Å². The number of rotatable bonds is 6. The number of nitrogens with zero attached hydrogens (tertiary/aromatic N) is 3. The van der Waals surface area contributed by atoms with Crippen LogP contribution in [0.25, 0.3) is 10.6 Å². The third-order valence-corrected chi connectivity index (χ3v) is 6.30. The Morgan fingerprint density at radius 3 is 2.75 bits per heavy atom. The third-order valence-electron chi connectivity index (χ3n) is 5.18. The van der Waals surface area contributed by atoms with Gasteiger partial charge >= 0.3 is 0 Å². The van der Waals surface area contributed by atoms with Crippen LogP contribution in [-0.4, -0.2) is 53.7 Å². The van der Waals surface area contributed by atoms with Crippen LogP contribution >= 0.6 is 22.9 Å². The second kappa shape index (κ2) is 9.54. The highest BCUT2D eigenvalue weighted by molar-refractivity contribution is 7.18. The van der Waals surface area contributed by atoms with Gasteiger partial charge in [0.15, 0.2) is 0 Å². The zero-order chi connectivity index (χ0) is 22.7. The molecule has 1 aliphatic rings. The molecular weight excluding hydrogens is 452 g/mol. The molecule has 10 heteroatoms. The Morgan fingerprint density at radius 1 is 1.16 bits per heavy atom. The van der Waals surface area contributed by atoms with Crippen molar-refractivity contribution in [1.82, 2.24) is 15.1 Å². The van der Waals surface area contributed by atoms with E-state index in [-0.39, 0.29) is 11.8 Å². The second-order valence-electron chi connectivity index (χ2n) is 7.13. The lowest BCUT2D eigenvalue weighted by Crippen LogP contribution is -2.43. The van der Waals surface area contributed by atoms with E-state index in [1.807, 2.05) is 12.1 Å². The monoisotopic (exact) mass is 472 g/mol. The van der Waals surface area contributed by atoms with Gasteiger partial charge in [0.25, 0.3) is 5.91 Å². The Morgan fingerprint density at radius 2 is 2.00 bits per heavy atom. The molecule has 1 atom stereocenters. The van der Waals surface area contributed by atoms with Gasteiger partial charge in [0.05, 0.1) is 19.8 Å². The summed E-state index contributed by atoms with van der Waals surface area (Å²) in [5.41, 5.74) is 1.20. The highest BCUT2D eigenvalue weighted by Gasteiger charge is 2.36. The number of carbonyl (C=O) groups excluding carboxylic acids is 2. The molecule has 0 radical (unpaired) electrons. The van der Waals surface area contributed by atoms with E-state index >= 15 is 0 Å². The molecule has 2 amide bonds. The highest BCUT2D eigenvalue weighted by atomic mass is 35.5. The molecule has 0 aliphatic carbocycles. The molecule has 1 fully saturated rings. The summed E-state index contributed by atoms with van der Waals surface area (Å²) in [5.74, 6) is 0.424. The van der Waals surface area contributed by atoms with Gasteiger partial charge in [0, 0.05) is 23.2 Å². The number of carbonyl (C=O) groups is 2. The molecular formula is C22H21ClN4O4S. The molecule has 4 rings (SSSR count). The average Bonchev–Trinajstić information content (AvgIpc) is 3.48. The van der Waals surface area contributed by atoms with E-state index in [4.69, 9.17) is 21.1 Å². The van der Waals surface area contributed by atoms with Crippen LogP contribution in [0.15, 0.2) is 42.5 Å². The first-order chi connectivity index (χ1) is 15.5. The molecule has 2 aromatic carbocycles. The predicted octanol–water partition coefficient (Wildman–Crippen LogP) is 4.12. The Labute approximate surface area is 194 Å². The van der Waals surface area contributed by atoms with Crippen molar-refractivity contribution in [3.63, 3.8) is 0 Å². The number of amides is 2. The van der Waals surface area contributed by atoms with Crippen LogP contribution < -0.4 is 14.8 Å². The number of nitrogens with one attached hydrogen (secondary N) is 1. The highest BCUT2D eigenvalue weighted by Crippen LogP contribution is 2.31. The van der Waals surface area contributed by atoms with Gasteiger partial charge in [-0.25, -0.2) is 0 Å². The molecule has 0 bridgehead atoms. The molecule has 32 heavy (non-hydrogen) atoms. The van der Waals surface area contributed by atoms with Crippen molar-refractivity contribution in [1.29, 1.82) is 0 Å². The minimum Gasteiger partial charge on any atom is -0.497 e. The lowest BCUT2D eigenvalue weighted by atomic mass is 10.1. The van der Waals surface area contributed by atoms with Gasteiger partial charge in [-0.15, -0.1) is 10.2 Å². The van der Waals surface area contributed by atoms with Gasteiger partial charge in [-0.3, -0.25) is 14.9 Å². The topological polar surface area (TPSA) is 93.7 Å². The van der Waals surface area contributed by atoms with E-state index in [0.29, 0.717) is 45.2 Å². The van der Waals surface area contributed by atoms with E-state index < -0.39 is 6.04 Å². The Balaban J connectivity index is 1.49. The number of likely N-dealkylation sites (tertiary alicyclic amines) is 1. The second-order valence-corrected chi connectivity index (χ2v) is 8.55. The van der Waals surface area contributed by atoms with Crippen molar-refractivity contribution in [2.45, 2.75) is 18.9 Å². The SMILES string of the molecule is COc1ccc(C(=O)N2CCCC2C(=O)Nc2nnc(-c3cccc(Cl)c3)s2)c(OC)c1. The van der Waals surface area contributed by atoms with Crippen LogP contribution in [0.1, 0.15) is 23.2 Å². The van der Waals surface area contributed by atoms with E-state index in [0.717, 1.165) is 12.0 Å². The number of anilines is 1. The van der Waals surface area contributed by atoms with E-state index in [2.05, 4.69) is 15.5 Å². The number of halogens is 1. The van der Waals surface area contributed by atoms with Crippen LogP contribution in [0.2, 0.25) is 5.02 Å². The Hall–Kier alpha value is -3.17. The molecule has 1 saturated heterocycles. The summed E-state index contributed by atoms with van der Waals surface area (Å²) in [4.78, 5) is 27.7. The minimum atomic E-state index is -0.604. The minimum absolute atomic E-state index is 0.265. The standard InChI is InChI=1S/C22H21ClN4O4S/c1-30-15-8-9-16(18(12-15)31-2)21(29)27-10-4-7-17(27)19(28)24-22-26-25-20(32-22)13-5-3-6-14(23)11-13/h3,5-6,8-9,11-12,17H,4,7,10H2,1-2H3,(H,24,26,28). The van der Waals surface area contributed by atoms with Gasteiger partial charge < -0.3 is 14.4 Å². The smallest absolute Gasteiger partial charge is 0.258 e. The lowest BCUT2D eigenvalue weighted by Gasteiger charge is -2.24. The first-order valence-electron chi connectivity index (χ1n) is 9.93. The summed E-state index contributed by atoms with van der Waals surface area (Å²) in [5, 5.41) is 12.6. The normalized spacial score (nSPS) is 15.5. The van der Waals surface area contributed by atoms with Crippen LogP contribution in [0.3, 0.4) is 0 Å². The fourth-order valence-electron chi connectivity index (χ4n) is 3.61. The number of hydrogen-bond acceptors (Lipinski definition) is 7. The summed E-state index contributed by atoms with van der Waals surface area (Å²) in [7, 11) is 3.04. The predicted molar refractivity (Wildman–Crippen MR) is 123 cm³/mol. The molecule has 0 saturated carbocycles. The maximum absolute atomic E-state index is 13.2. The fraction of sp³-hybridized carbons (Fsp3) is 0.273. The first-order valence-corrected chi connectivity index (χ1v) is 11.1. The Kier molecular flexibility index (Phi) is 6.57. The third kappa shape index (κ3) is 4.53. The zero-order valence-corrected chi connectivity index (χ0v) is 19.1. The number of aromatic nitrogens is 2. The summed E-state index contributed by atoms with van der Waals surface area (Å²) in [6, 6.07) is 11.6. The lowest BCUT2D eigenvalue weighted by molar-refractivity contribution is -0.119. The molecule has 166 valence electrons. The van der Waals surface area contributed by atoms with E-state index in [1.54, 1.807) is 42.3 Å². The molecule has 0 spiro atoms. The molecule has 8 nitrogen and oxygen atoms in total. The van der Waals surface area contributed by atoms with Gasteiger partial charge in [-0.1, -0.05) is 35.1 Å². The summed E-state index contributed by atoms with van der Waals surface area (Å²) < 4.78 is 10.6. The van der Waals surface area contributed by atoms with Gasteiger partial charge in [-0.05, 0) is 37.1 Å². The number of hydrogen-bond donors (Lipinski definition) is 1. The van der Waals surface area contributed by atoms with Crippen LogP contribution in [0.5, 0.6) is 11.5 Å². The first kappa shape index (κ1) is 22.0. The quantitative estimate of drug-likeness (QED) is 0.580. The number of ether oxygens (including phenoxy) is 2. The molecule has 2 heterocycles. The number of benzene rings is 2. The molecule has 3 aromatic rings. The van der Waals surface area contributed by atoms with Crippen molar-refractivity contribution in [2.75, 3.05) is 26.1 Å². The van der Waals surface area contributed by atoms with Crippen molar-refractivity contribution in [2.24, 2.45) is 0 Å². The summed E-state index contributed by atoms with van der Waals surface area (Å²) in [6.45, 7) is 0.482. The molecule has 1 aliphatic heterocycles. The van der Waals surface area contributed by atoms with Gasteiger partial charge in [0.1, 0.15) is 22.5 Å². The van der Waals surface area contributed by atoms with E-state index in [1.165, 1.54) is 18.4 Å². The fourth-order valence-corrected chi connectivity index (χ4v) is 4.55. The van der Waals surface area contributed by atoms with Crippen LogP contribution in [-0.2, 0) is 4.79 Å².